The van der Waals surface area contributed by atoms with Crippen LogP contribution in [-0.4, -0.2) is 59.1 Å². The number of carbonyl (C=O) groups excluding carboxylic acids is 2. The highest BCUT2D eigenvalue weighted by molar-refractivity contribution is 5.88. The predicted molar refractivity (Wildman–Crippen MR) is 122 cm³/mol. The van der Waals surface area contributed by atoms with Crippen molar-refractivity contribution in [2.75, 3.05) is 6.61 Å². The molecular formula is C26H26F2N2O5. The highest BCUT2D eigenvalue weighted by Crippen LogP contribution is 2.45. The lowest BCUT2D eigenvalue weighted by molar-refractivity contribution is -0.143. The van der Waals surface area contributed by atoms with Gasteiger partial charge in [0.2, 0.25) is 12.3 Å². The molecule has 4 unspecified atom stereocenters. The Morgan fingerprint density at radius 3 is 2.23 bits per heavy atom. The molecule has 4 atom stereocenters. The van der Waals surface area contributed by atoms with Gasteiger partial charge in [-0.3, -0.25) is 9.59 Å². The molecule has 0 radical (unpaired) electrons. The summed E-state index contributed by atoms with van der Waals surface area (Å²) in [6.45, 7) is -0.00843. The van der Waals surface area contributed by atoms with Crippen LogP contribution in [0.25, 0.3) is 11.1 Å². The Labute approximate surface area is 201 Å². The van der Waals surface area contributed by atoms with Gasteiger partial charge >= 0.3 is 12.1 Å². The van der Waals surface area contributed by atoms with Crippen molar-refractivity contribution in [3.05, 3.63) is 59.7 Å². The number of alkyl halides is 2. The first-order valence-corrected chi connectivity index (χ1v) is 11.8. The van der Waals surface area contributed by atoms with E-state index in [4.69, 9.17) is 4.74 Å². The van der Waals surface area contributed by atoms with Gasteiger partial charge in [0.1, 0.15) is 12.6 Å². The van der Waals surface area contributed by atoms with Gasteiger partial charge in [0.15, 0.2) is 0 Å². The molecule has 184 valence electrons. The van der Waals surface area contributed by atoms with E-state index in [1.165, 1.54) is 4.90 Å². The minimum atomic E-state index is -2.83. The number of amides is 2. The Hall–Kier alpha value is -3.49. The molecule has 2 heterocycles. The summed E-state index contributed by atoms with van der Waals surface area (Å²) in [4.78, 5) is 38.7. The monoisotopic (exact) mass is 484 g/mol. The maximum atomic E-state index is 13.3. The molecule has 2 saturated heterocycles. The van der Waals surface area contributed by atoms with Gasteiger partial charge in [0.25, 0.3) is 0 Å². The number of alkyl carbamates (subject to hydrolysis) is 1. The van der Waals surface area contributed by atoms with E-state index in [0.29, 0.717) is 19.3 Å². The van der Waals surface area contributed by atoms with Crippen LogP contribution in [-0.2, 0) is 14.3 Å². The van der Waals surface area contributed by atoms with Gasteiger partial charge in [-0.15, -0.1) is 0 Å². The summed E-state index contributed by atoms with van der Waals surface area (Å²) in [5, 5.41) is 11.8. The van der Waals surface area contributed by atoms with Crippen molar-refractivity contribution >= 4 is 18.0 Å². The average molecular weight is 484 g/mol. The first kappa shape index (κ1) is 23.3. The number of rotatable bonds is 7. The molecule has 9 heteroatoms. The number of aliphatic carboxylic acids is 1. The molecule has 2 aromatic carbocycles. The van der Waals surface area contributed by atoms with Gasteiger partial charge in [0, 0.05) is 24.4 Å². The summed E-state index contributed by atoms with van der Waals surface area (Å²) in [7, 11) is 0. The number of carbonyl (C=O) groups is 3. The van der Waals surface area contributed by atoms with Crippen LogP contribution in [0, 0.1) is 5.92 Å². The second-order valence-electron chi connectivity index (χ2n) is 9.37. The van der Waals surface area contributed by atoms with Crippen molar-refractivity contribution in [2.24, 2.45) is 5.92 Å². The molecule has 2 bridgehead atoms. The highest BCUT2D eigenvalue weighted by atomic mass is 19.3. The summed E-state index contributed by atoms with van der Waals surface area (Å²) in [5.74, 6) is -2.58. The van der Waals surface area contributed by atoms with Crippen molar-refractivity contribution < 1.29 is 33.0 Å². The van der Waals surface area contributed by atoms with Crippen LogP contribution in [0.15, 0.2) is 48.5 Å². The predicted octanol–water partition coefficient (Wildman–Crippen LogP) is 4.01. The molecule has 2 amide bonds. The zero-order valence-corrected chi connectivity index (χ0v) is 18.9. The summed E-state index contributed by atoms with van der Waals surface area (Å²) < 4.78 is 32.0. The third-order valence-electron chi connectivity index (χ3n) is 7.46. The van der Waals surface area contributed by atoms with Gasteiger partial charge in [0.05, 0.1) is 5.92 Å². The Morgan fingerprint density at radius 1 is 1.03 bits per heavy atom. The van der Waals surface area contributed by atoms with E-state index >= 15 is 0 Å². The Morgan fingerprint density at radius 2 is 1.66 bits per heavy atom. The molecular weight excluding hydrogens is 458 g/mol. The summed E-state index contributed by atoms with van der Waals surface area (Å²) in [6, 6.07) is 13.3. The summed E-state index contributed by atoms with van der Waals surface area (Å²) in [5.41, 5.74) is 4.13. The van der Waals surface area contributed by atoms with Crippen LogP contribution in [0.5, 0.6) is 0 Å². The molecule has 5 rings (SSSR count). The number of halogens is 2. The molecule has 0 saturated carbocycles. The van der Waals surface area contributed by atoms with Gasteiger partial charge in [-0.05, 0) is 41.5 Å². The first-order valence-electron chi connectivity index (χ1n) is 11.8. The molecule has 7 nitrogen and oxygen atoms in total. The number of carboxylic acids is 1. The largest absolute Gasteiger partial charge is 0.481 e. The number of nitrogens with one attached hydrogen (secondary N) is 1. The topological polar surface area (TPSA) is 95.9 Å². The molecule has 0 spiro atoms. The number of ether oxygens (including phenoxy) is 1. The third kappa shape index (κ3) is 4.24. The minimum absolute atomic E-state index is 0.00843. The van der Waals surface area contributed by atoms with Crippen LogP contribution < -0.4 is 5.32 Å². The average Bonchev–Trinajstić information content (AvgIpc) is 3.51. The van der Waals surface area contributed by atoms with E-state index in [9.17, 15) is 28.3 Å². The number of hydrogen-bond donors (Lipinski definition) is 2. The number of nitrogens with zero attached hydrogens (tertiary/aromatic N) is 1. The Balaban J connectivity index is 1.27. The van der Waals surface area contributed by atoms with Crippen molar-refractivity contribution in [1.82, 2.24) is 10.2 Å². The summed E-state index contributed by atoms with van der Waals surface area (Å²) in [6.07, 6.45) is -3.19. The normalized spacial score (nSPS) is 23.2. The van der Waals surface area contributed by atoms with Gasteiger partial charge < -0.3 is 20.1 Å². The van der Waals surface area contributed by atoms with Crippen LogP contribution >= 0.6 is 0 Å². The molecule has 0 aromatic heterocycles. The fourth-order valence-electron chi connectivity index (χ4n) is 5.96. The fraction of sp³-hybridized carbons (Fsp3) is 0.423. The quantitative estimate of drug-likeness (QED) is 0.619. The maximum absolute atomic E-state index is 13.3. The van der Waals surface area contributed by atoms with E-state index in [2.05, 4.69) is 5.32 Å². The van der Waals surface area contributed by atoms with Crippen LogP contribution in [0.2, 0.25) is 0 Å². The molecule has 2 aromatic rings. The van der Waals surface area contributed by atoms with Crippen molar-refractivity contribution in [1.29, 1.82) is 0 Å². The zero-order chi connectivity index (χ0) is 24.7. The van der Waals surface area contributed by atoms with Crippen LogP contribution in [0.4, 0.5) is 13.6 Å². The SMILES string of the molecule is O=C(NC(CC(F)F)C(=O)N1C2CCC1C(C(=O)O)C2)OCC1c2ccccc2-c2ccccc21. The molecule has 2 N–H and O–H groups in total. The molecule has 35 heavy (non-hydrogen) atoms. The van der Waals surface area contributed by atoms with E-state index in [0.717, 1.165) is 22.3 Å². The van der Waals surface area contributed by atoms with Gasteiger partial charge in [-0.2, -0.15) is 0 Å². The van der Waals surface area contributed by atoms with Crippen LogP contribution in [0.3, 0.4) is 0 Å². The van der Waals surface area contributed by atoms with Crippen molar-refractivity contribution in [3.8, 4) is 11.1 Å². The van der Waals surface area contributed by atoms with E-state index in [-0.39, 0.29) is 18.6 Å². The van der Waals surface area contributed by atoms with Crippen molar-refractivity contribution in [2.45, 2.75) is 56.2 Å². The van der Waals surface area contributed by atoms with Gasteiger partial charge in [-0.25, -0.2) is 13.6 Å². The number of carboxylic acid groups (broad SMARTS) is 1. The highest BCUT2D eigenvalue weighted by Gasteiger charge is 2.52. The first-order chi connectivity index (χ1) is 16.8. The Bertz CT molecular complexity index is 1110. The maximum Gasteiger partial charge on any atom is 0.407 e. The van der Waals surface area contributed by atoms with Crippen molar-refractivity contribution in [3.63, 3.8) is 0 Å². The van der Waals surface area contributed by atoms with Gasteiger partial charge in [-0.1, -0.05) is 48.5 Å². The second-order valence-corrected chi connectivity index (χ2v) is 9.37. The fourth-order valence-corrected chi connectivity index (χ4v) is 5.96. The third-order valence-corrected chi connectivity index (χ3v) is 7.46. The lowest BCUT2D eigenvalue weighted by atomic mass is 9.89. The van der Waals surface area contributed by atoms with Crippen LogP contribution in [0.1, 0.15) is 42.7 Å². The number of benzene rings is 2. The smallest absolute Gasteiger partial charge is 0.407 e. The standard InChI is InChI=1S/C26H26F2N2O5/c27-23(28)12-21(24(31)30-14-9-10-22(30)19(11-14)25(32)33)29-26(34)35-13-20-17-7-3-1-5-15(17)16-6-2-4-8-18(16)20/h1-8,14,19-23H,9-13H2,(H,29,34)(H,32,33). The zero-order valence-electron chi connectivity index (χ0n) is 18.9. The minimum Gasteiger partial charge on any atom is -0.481 e. The second kappa shape index (κ2) is 9.28. The molecule has 1 aliphatic carbocycles. The lowest BCUT2D eigenvalue weighted by Crippen LogP contribution is -2.51. The van der Waals surface area contributed by atoms with E-state index < -0.39 is 48.8 Å². The number of hydrogen-bond acceptors (Lipinski definition) is 4. The molecule has 2 aliphatic heterocycles. The summed E-state index contributed by atoms with van der Waals surface area (Å²) >= 11 is 0. The van der Waals surface area contributed by atoms with E-state index in [1.54, 1.807) is 0 Å². The molecule has 2 fully saturated rings. The number of fused-ring (bicyclic) bond motifs is 5. The van der Waals surface area contributed by atoms with E-state index in [1.807, 2.05) is 48.5 Å². The molecule has 3 aliphatic rings. The Kier molecular flexibility index (Phi) is 6.17. The lowest BCUT2D eigenvalue weighted by Gasteiger charge is -2.28.